The van der Waals surface area contributed by atoms with Crippen LogP contribution in [0.1, 0.15) is 5.56 Å². The minimum Gasteiger partial charge on any atom is -0.398 e. The first-order valence-electron chi connectivity index (χ1n) is 6.13. The lowest BCUT2D eigenvalue weighted by Gasteiger charge is -2.26. The normalized spacial score (nSPS) is 16.2. The van der Waals surface area contributed by atoms with Gasteiger partial charge in [0.05, 0.1) is 24.5 Å². The lowest BCUT2D eigenvalue weighted by molar-refractivity contribution is 0.0398. The number of hydrogen-bond donors (Lipinski definition) is 2. The standard InChI is InChI=1S/C13H18N4O/c14-10-11-1-2-12(9-13(11)15)16-3-4-17-5-7-18-8-6-17/h1-2,9,16H,3-8,15H2. The number of nitrogen functional groups attached to an aromatic ring is 1. The lowest BCUT2D eigenvalue weighted by Crippen LogP contribution is -2.39. The predicted octanol–water partition coefficient (Wildman–Crippen LogP) is 0.885. The first kappa shape index (κ1) is 12.7. The third-order valence-electron chi connectivity index (χ3n) is 3.03. The van der Waals surface area contributed by atoms with E-state index in [1.54, 1.807) is 12.1 Å². The van der Waals surface area contributed by atoms with Crippen LogP contribution >= 0.6 is 0 Å². The molecule has 0 amide bonds. The van der Waals surface area contributed by atoms with Gasteiger partial charge in [-0.1, -0.05) is 0 Å². The van der Waals surface area contributed by atoms with Crippen LogP contribution in [0.25, 0.3) is 0 Å². The van der Waals surface area contributed by atoms with E-state index in [-0.39, 0.29) is 0 Å². The number of nitrogens with one attached hydrogen (secondary N) is 1. The molecular weight excluding hydrogens is 228 g/mol. The van der Waals surface area contributed by atoms with Crippen molar-refractivity contribution in [3.05, 3.63) is 23.8 Å². The number of nitrogens with two attached hydrogens (primary N) is 1. The maximum absolute atomic E-state index is 8.79. The molecule has 1 aliphatic heterocycles. The van der Waals surface area contributed by atoms with Crippen molar-refractivity contribution in [2.45, 2.75) is 0 Å². The summed E-state index contributed by atoms with van der Waals surface area (Å²) in [6, 6.07) is 7.48. The number of nitriles is 1. The molecule has 0 atom stereocenters. The van der Waals surface area contributed by atoms with Crippen LogP contribution < -0.4 is 11.1 Å². The van der Waals surface area contributed by atoms with Crippen LogP contribution in [-0.4, -0.2) is 44.3 Å². The summed E-state index contributed by atoms with van der Waals surface area (Å²) >= 11 is 0. The molecule has 1 aromatic rings. The number of ether oxygens (including phenoxy) is 1. The zero-order chi connectivity index (χ0) is 12.8. The van der Waals surface area contributed by atoms with Gasteiger partial charge in [0.15, 0.2) is 0 Å². The van der Waals surface area contributed by atoms with Gasteiger partial charge in [-0.05, 0) is 18.2 Å². The van der Waals surface area contributed by atoms with E-state index in [9.17, 15) is 0 Å². The van der Waals surface area contributed by atoms with Gasteiger partial charge in [-0.2, -0.15) is 5.26 Å². The highest BCUT2D eigenvalue weighted by Crippen LogP contribution is 2.16. The predicted molar refractivity (Wildman–Crippen MR) is 71.3 cm³/mol. The van der Waals surface area contributed by atoms with Crippen LogP contribution in [0.2, 0.25) is 0 Å². The van der Waals surface area contributed by atoms with Gasteiger partial charge in [0.1, 0.15) is 6.07 Å². The smallest absolute Gasteiger partial charge is 0.101 e. The summed E-state index contributed by atoms with van der Waals surface area (Å²) in [6.07, 6.45) is 0. The van der Waals surface area contributed by atoms with E-state index >= 15 is 0 Å². The van der Waals surface area contributed by atoms with E-state index in [1.165, 1.54) is 0 Å². The highest BCUT2D eigenvalue weighted by Gasteiger charge is 2.09. The Morgan fingerprint density at radius 3 is 2.83 bits per heavy atom. The molecule has 5 nitrogen and oxygen atoms in total. The molecule has 0 radical (unpaired) electrons. The van der Waals surface area contributed by atoms with Gasteiger partial charge in [0.2, 0.25) is 0 Å². The number of anilines is 2. The Morgan fingerprint density at radius 1 is 1.39 bits per heavy atom. The van der Waals surface area contributed by atoms with Gasteiger partial charge in [-0.3, -0.25) is 4.90 Å². The molecule has 1 saturated heterocycles. The van der Waals surface area contributed by atoms with Crippen molar-refractivity contribution in [2.75, 3.05) is 50.4 Å². The number of benzene rings is 1. The topological polar surface area (TPSA) is 74.3 Å². The van der Waals surface area contributed by atoms with E-state index in [4.69, 9.17) is 15.7 Å². The lowest BCUT2D eigenvalue weighted by atomic mass is 10.2. The summed E-state index contributed by atoms with van der Waals surface area (Å²) in [6.45, 7) is 5.50. The summed E-state index contributed by atoms with van der Waals surface area (Å²) in [5.74, 6) is 0. The second-order valence-corrected chi connectivity index (χ2v) is 4.29. The van der Waals surface area contributed by atoms with Crippen molar-refractivity contribution in [3.8, 4) is 6.07 Å². The maximum atomic E-state index is 8.79. The Morgan fingerprint density at radius 2 is 2.17 bits per heavy atom. The third kappa shape index (κ3) is 3.36. The van der Waals surface area contributed by atoms with Crippen molar-refractivity contribution in [3.63, 3.8) is 0 Å². The van der Waals surface area contributed by atoms with Crippen molar-refractivity contribution >= 4 is 11.4 Å². The maximum Gasteiger partial charge on any atom is 0.101 e. The molecule has 1 fully saturated rings. The summed E-state index contributed by atoms with van der Waals surface area (Å²) < 4.78 is 5.30. The molecule has 18 heavy (non-hydrogen) atoms. The Labute approximate surface area is 107 Å². The molecule has 5 heteroatoms. The van der Waals surface area contributed by atoms with E-state index < -0.39 is 0 Å². The molecular formula is C13H18N4O. The average Bonchev–Trinajstić information content (AvgIpc) is 2.40. The monoisotopic (exact) mass is 246 g/mol. The zero-order valence-electron chi connectivity index (χ0n) is 10.4. The van der Waals surface area contributed by atoms with Crippen LogP contribution in [0.4, 0.5) is 11.4 Å². The Hall–Kier alpha value is -1.77. The molecule has 0 saturated carbocycles. The second-order valence-electron chi connectivity index (χ2n) is 4.29. The van der Waals surface area contributed by atoms with Crippen LogP contribution in [0, 0.1) is 11.3 Å². The van der Waals surface area contributed by atoms with Gasteiger partial charge in [0, 0.05) is 31.9 Å². The fourth-order valence-electron chi connectivity index (χ4n) is 1.96. The summed E-state index contributed by atoms with van der Waals surface area (Å²) in [5.41, 5.74) is 7.76. The number of nitrogens with zero attached hydrogens (tertiary/aromatic N) is 2. The third-order valence-corrected chi connectivity index (χ3v) is 3.03. The molecule has 0 bridgehead atoms. The van der Waals surface area contributed by atoms with Crippen molar-refractivity contribution in [1.82, 2.24) is 4.90 Å². The fourth-order valence-corrected chi connectivity index (χ4v) is 1.96. The van der Waals surface area contributed by atoms with Gasteiger partial charge >= 0.3 is 0 Å². The molecule has 1 aromatic carbocycles. The molecule has 1 aliphatic rings. The van der Waals surface area contributed by atoms with Crippen molar-refractivity contribution in [1.29, 1.82) is 5.26 Å². The van der Waals surface area contributed by atoms with E-state index in [2.05, 4.69) is 16.3 Å². The van der Waals surface area contributed by atoms with Gasteiger partial charge in [-0.25, -0.2) is 0 Å². The fraction of sp³-hybridized carbons (Fsp3) is 0.462. The highest BCUT2D eigenvalue weighted by atomic mass is 16.5. The van der Waals surface area contributed by atoms with Crippen LogP contribution in [0.5, 0.6) is 0 Å². The van der Waals surface area contributed by atoms with Crippen LogP contribution in [0.15, 0.2) is 18.2 Å². The Bertz CT molecular complexity index is 435. The summed E-state index contributed by atoms with van der Waals surface area (Å²) in [4.78, 5) is 2.36. The zero-order valence-corrected chi connectivity index (χ0v) is 10.4. The molecule has 3 N–H and O–H groups in total. The SMILES string of the molecule is N#Cc1ccc(NCCN2CCOCC2)cc1N. The van der Waals surface area contributed by atoms with Crippen LogP contribution in [-0.2, 0) is 4.74 Å². The van der Waals surface area contributed by atoms with Crippen molar-refractivity contribution < 1.29 is 4.74 Å². The van der Waals surface area contributed by atoms with E-state index in [0.717, 1.165) is 45.1 Å². The van der Waals surface area contributed by atoms with Crippen molar-refractivity contribution in [2.24, 2.45) is 0 Å². The number of hydrogen-bond acceptors (Lipinski definition) is 5. The largest absolute Gasteiger partial charge is 0.398 e. The molecule has 0 aromatic heterocycles. The first-order chi connectivity index (χ1) is 8.79. The molecule has 0 unspecified atom stereocenters. The molecule has 96 valence electrons. The Kier molecular flexibility index (Phi) is 4.40. The first-order valence-corrected chi connectivity index (χ1v) is 6.13. The summed E-state index contributed by atoms with van der Waals surface area (Å²) in [7, 11) is 0. The van der Waals surface area contributed by atoms with Gasteiger partial charge in [0.25, 0.3) is 0 Å². The summed E-state index contributed by atoms with van der Waals surface area (Å²) in [5, 5.41) is 12.1. The molecule has 0 aliphatic carbocycles. The quantitative estimate of drug-likeness (QED) is 0.772. The van der Waals surface area contributed by atoms with Gasteiger partial charge in [-0.15, -0.1) is 0 Å². The van der Waals surface area contributed by atoms with E-state index in [1.807, 2.05) is 6.07 Å². The second kappa shape index (κ2) is 6.24. The Balaban J connectivity index is 1.79. The van der Waals surface area contributed by atoms with E-state index in [0.29, 0.717) is 11.3 Å². The molecule has 1 heterocycles. The number of morpholine rings is 1. The highest BCUT2D eigenvalue weighted by molar-refractivity contribution is 5.62. The minimum absolute atomic E-state index is 0.522. The molecule has 0 spiro atoms. The minimum atomic E-state index is 0.522. The van der Waals surface area contributed by atoms with Crippen LogP contribution in [0.3, 0.4) is 0 Å². The average molecular weight is 246 g/mol. The van der Waals surface area contributed by atoms with Gasteiger partial charge < -0.3 is 15.8 Å². The number of rotatable bonds is 4. The molecule has 2 rings (SSSR count).